The molecule has 0 bridgehead atoms. The van der Waals surface area contributed by atoms with Crippen molar-refractivity contribution in [1.82, 2.24) is 4.98 Å². The Kier molecular flexibility index (Phi) is 3.64. The molecule has 0 amide bonds. The molecule has 2 aromatic rings. The van der Waals surface area contributed by atoms with E-state index in [4.69, 9.17) is 10.5 Å². The lowest BCUT2D eigenvalue weighted by Gasteiger charge is -2.01. The van der Waals surface area contributed by atoms with Gasteiger partial charge in [-0.1, -0.05) is 0 Å². The fourth-order valence-electron chi connectivity index (χ4n) is 1.67. The quantitative estimate of drug-likeness (QED) is 0.499. The van der Waals surface area contributed by atoms with E-state index in [0.717, 1.165) is 0 Å². The summed E-state index contributed by atoms with van der Waals surface area (Å²) in [7, 11) is 1.32. The van der Waals surface area contributed by atoms with Crippen LogP contribution < -0.4 is 5.43 Å². The summed E-state index contributed by atoms with van der Waals surface area (Å²) < 4.78 is 4.67. The highest BCUT2D eigenvalue weighted by Gasteiger charge is 2.12. The number of rotatable bonds is 3. The molecule has 0 aliphatic rings. The number of benzene rings is 1. The summed E-state index contributed by atoms with van der Waals surface area (Å²) in [6.45, 7) is 0. The van der Waals surface area contributed by atoms with Gasteiger partial charge in [0.05, 0.1) is 18.4 Å². The van der Waals surface area contributed by atoms with E-state index in [0.29, 0.717) is 22.2 Å². The van der Waals surface area contributed by atoms with E-state index >= 15 is 0 Å². The highest BCUT2D eigenvalue weighted by atomic mass is 16.5. The molecular weight excluding hydrogens is 258 g/mol. The first kappa shape index (κ1) is 13.1. The highest BCUT2D eigenvalue weighted by molar-refractivity contribution is 6.10. The van der Waals surface area contributed by atoms with Crippen LogP contribution in [0, 0.1) is 22.7 Å². The molecule has 7 heteroatoms. The van der Waals surface area contributed by atoms with Gasteiger partial charge in [-0.05, 0) is 18.2 Å². The molecule has 0 saturated carbocycles. The molecule has 1 aromatic heterocycles. The number of anilines is 1. The van der Waals surface area contributed by atoms with Crippen molar-refractivity contribution in [2.24, 2.45) is 5.10 Å². The highest BCUT2D eigenvalue weighted by Crippen LogP contribution is 2.22. The lowest BCUT2D eigenvalue weighted by molar-refractivity contribution is 0.0603. The zero-order valence-electron chi connectivity index (χ0n) is 10.5. The van der Waals surface area contributed by atoms with Crippen molar-refractivity contribution in [1.29, 1.82) is 10.5 Å². The van der Waals surface area contributed by atoms with Gasteiger partial charge in [-0.2, -0.15) is 15.6 Å². The van der Waals surface area contributed by atoms with Crippen molar-refractivity contribution in [2.75, 3.05) is 12.5 Å². The standard InChI is InChI=1S/C13H9N5O2/c1-20-13(19)11-7-16-12-4-8(2-3-10(11)12)17-18-9(5-14)6-15/h2-4,7,16-17H,1H3. The van der Waals surface area contributed by atoms with Crippen molar-refractivity contribution >= 4 is 28.3 Å². The number of nitriles is 2. The van der Waals surface area contributed by atoms with Crippen LogP contribution in [-0.2, 0) is 4.74 Å². The second kappa shape index (κ2) is 5.55. The van der Waals surface area contributed by atoms with Gasteiger partial charge in [-0.15, -0.1) is 0 Å². The van der Waals surface area contributed by atoms with Crippen LogP contribution in [0.15, 0.2) is 29.5 Å². The van der Waals surface area contributed by atoms with Crippen LogP contribution in [0.1, 0.15) is 10.4 Å². The molecule has 98 valence electrons. The predicted molar refractivity (Wildman–Crippen MR) is 71.9 cm³/mol. The van der Waals surface area contributed by atoms with Crippen molar-refractivity contribution in [3.8, 4) is 12.1 Å². The first-order chi connectivity index (χ1) is 9.69. The third kappa shape index (κ3) is 2.42. The number of carbonyl (C=O) groups is 1. The van der Waals surface area contributed by atoms with E-state index in [1.807, 2.05) is 0 Å². The van der Waals surface area contributed by atoms with Crippen molar-refractivity contribution < 1.29 is 9.53 Å². The number of nitrogens with zero attached hydrogens (tertiary/aromatic N) is 3. The van der Waals surface area contributed by atoms with Crippen molar-refractivity contribution in [3.05, 3.63) is 30.0 Å². The largest absolute Gasteiger partial charge is 0.465 e. The molecule has 0 spiro atoms. The Morgan fingerprint density at radius 3 is 2.80 bits per heavy atom. The zero-order valence-corrected chi connectivity index (χ0v) is 10.5. The first-order valence-corrected chi connectivity index (χ1v) is 5.53. The monoisotopic (exact) mass is 267 g/mol. The third-order valence-corrected chi connectivity index (χ3v) is 2.60. The first-order valence-electron chi connectivity index (χ1n) is 5.53. The normalized spacial score (nSPS) is 9.35. The number of methoxy groups -OCH3 is 1. The minimum Gasteiger partial charge on any atom is -0.465 e. The van der Waals surface area contributed by atoms with E-state index in [1.54, 1.807) is 36.5 Å². The number of H-pyrrole nitrogens is 1. The van der Waals surface area contributed by atoms with E-state index in [1.165, 1.54) is 7.11 Å². The number of aromatic amines is 1. The third-order valence-electron chi connectivity index (χ3n) is 2.60. The van der Waals surface area contributed by atoms with Gasteiger partial charge in [0.25, 0.3) is 0 Å². The van der Waals surface area contributed by atoms with Crippen molar-refractivity contribution in [2.45, 2.75) is 0 Å². The lowest BCUT2D eigenvalue weighted by atomic mass is 10.1. The summed E-state index contributed by atoms with van der Waals surface area (Å²) in [4.78, 5) is 14.5. The Morgan fingerprint density at radius 1 is 1.40 bits per heavy atom. The predicted octanol–water partition coefficient (Wildman–Crippen LogP) is 1.77. The van der Waals surface area contributed by atoms with Crippen LogP contribution in [0.25, 0.3) is 10.9 Å². The molecule has 0 fully saturated rings. The Labute approximate surface area is 114 Å². The summed E-state index contributed by atoms with van der Waals surface area (Å²) in [5, 5.41) is 21.5. The molecule has 0 atom stereocenters. The summed E-state index contributed by atoms with van der Waals surface area (Å²) in [5.74, 6) is -0.425. The molecule has 1 heterocycles. The summed E-state index contributed by atoms with van der Waals surface area (Å²) >= 11 is 0. The molecule has 0 unspecified atom stereocenters. The van der Waals surface area contributed by atoms with E-state index in [-0.39, 0.29) is 5.71 Å². The van der Waals surface area contributed by atoms with E-state index in [9.17, 15) is 4.79 Å². The summed E-state index contributed by atoms with van der Waals surface area (Å²) in [6, 6.07) is 8.39. The number of carbonyl (C=O) groups excluding carboxylic acids is 1. The van der Waals surface area contributed by atoms with Gasteiger partial charge in [0.15, 0.2) is 0 Å². The fourth-order valence-corrected chi connectivity index (χ4v) is 1.67. The molecule has 0 radical (unpaired) electrons. The smallest absolute Gasteiger partial charge is 0.340 e. The molecule has 2 N–H and O–H groups in total. The fraction of sp³-hybridized carbons (Fsp3) is 0.0769. The van der Waals surface area contributed by atoms with Gasteiger partial charge < -0.3 is 9.72 Å². The molecule has 0 aliphatic heterocycles. The number of hydrogen-bond donors (Lipinski definition) is 2. The van der Waals surface area contributed by atoms with E-state index in [2.05, 4.69) is 20.2 Å². The maximum Gasteiger partial charge on any atom is 0.340 e. The number of hydrazone groups is 1. The van der Waals surface area contributed by atoms with Crippen LogP contribution in [0.3, 0.4) is 0 Å². The Balaban J connectivity index is 2.33. The lowest BCUT2D eigenvalue weighted by Crippen LogP contribution is -1.99. The molecule has 2 rings (SSSR count). The molecular formula is C13H9N5O2. The minimum atomic E-state index is -0.425. The topological polar surface area (TPSA) is 114 Å². The van der Waals surface area contributed by atoms with Gasteiger partial charge in [-0.25, -0.2) is 4.79 Å². The van der Waals surface area contributed by atoms with Gasteiger partial charge in [-0.3, -0.25) is 5.43 Å². The van der Waals surface area contributed by atoms with Crippen LogP contribution in [-0.4, -0.2) is 23.8 Å². The zero-order chi connectivity index (χ0) is 14.5. The minimum absolute atomic E-state index is 0.271. The Bertz CT molecular complexity index is 760. The average molecular weight is 267 g/mol. The number of fused-ring (bicyclic) bond motifs is 1. The van der Waals surface area contributed by atoms with E-state index < -0.39 is 5.97 Å². The van der Waals surface area contributed by atoms with Crippen LogP contribution in [0.2, 0.25) is 0 Å². The molecule has 7 nitrogen and oxygen atoms in total. The summed E-state index contributed by atoms with van der Waals surface area (Å²) in [5.41, 5.74) is 4.06. The molecule has 0 aliphatic carbocycles. The maximum absolute atomic E-state index is 11.5. The van der Waals surface area contributed by atoms with Gasteiger partial charge in [0.2, 0.25) is 5.71 Å². The Morgan fingerprint density at radius 2 is 2.15 bits per heavy atom. The molecule has 1 aromatic carbocycles. The number of aromatic nitrogens is 1. The Hall–Kier alpha value is -3.32. The van der Waals surface area contributed by atoms with Crippen LogP contribution >= 0.6 is 0 Å². The summed E-state index contributed by atoms with van der Waals surface area (Å²) in [6.07, 6.45) is 1.56. The maximum atomic E-state index is 11.5. The second-order valence-electron chi connectivity index (χ2n) is 3.75. The average Bonchev–Trinajstić information content (AvgIpc) is 2.90. The second-order valence-corrected chi connectivity index (χ2v) is 3.75. The van der Waals surface area contributed by atoms with Crippen LogP contribution in [0.5, 0.6) is 0 Å². The van der Waals surface area contributed by atoms with Gasteiger partial charge in [0.1, 0.15) is 12.1 Å². The number of ether oxygens (including phenoxy) is 1. The molecule has 20 heavy (non-hydrogen) atoms. The number of esters is 1. The number of nitrogens with one attached hydrogen (secondary N) is 2. The van der Waals surface area contributed by atoms with Crippen molar-refractivity contribution in [3.63, 3.8) is 0 Å². The molecule has 0 saturated heterocycles. The number of hydrogen-bond acceptors (Lipinski definition) is 6. The SMILES string of the molecule is COC(=O)c1c[nH]c2cc(NN=C(C#N)C#N)ccc12. The van der Waals surface area contributed by atoms with Gasteiger partial charge >= 0.3 is 5.97 Å². The van der Waals surface area contributed by atoms with Crippen LogP contribution in [0.4, 0.5) is 5.69 Å². The van der Waals surface area contributed by atoms with Gasteiger partial charge in [0, 0.05) is 17.1 Å².